The van der Waals surface area contributed by atoms with E-state index < -0.39 is 0 Å². The van der Waals surface area contributed by atoms with Crippen molar-refractivity contribution in [3.63, 3.8) is 0 Å². The Balaban J connectivity index is 1.32. The molecule has 2 N–H and O–H groups in total. The minimum absolute atomic E-state index is 0.0125. The van der Waals surface area contributed by atoms with E-state index in [9.17, 15) is 9.59 Å². The summed E-state index contributed by atoms with van der Waals surface area (Å²) in [6.07, 6.45) is 8.09. The molecule has 2 fully saturated rings. The maximum Gasteiger partial charge on any atom is 0.253 e. The number of anilines is 1. The zero-order valence-corrected chi connectivity index (χ0v) is 18.2. The average Bonchev–Trinajstić information content (AvgIpc) is 2.84. The molecule has 0 atom stereocenters. The summed E-state index contributed by atoms with van der Waals surface area (Å²) in [6, 6.07) is 17.4. The van der Waals surface area contributed by atoms with Gasteiger partial charge in [0.15, 0.2) is 0 Å². The lowest BCUT2D eigenvalue weighted by molar-refractivity contribution is 0.0929. The fourth-order valence-corrected chi connectivity index (χ4v) is 4.79. The van der Waals surface area contributed by atoms with E-state index in [1.165, 1.54) is 32.1 Å². The third-order valence-electron chi connectivity index (χ3n) is 6.63. The van der Waals surface area contributed by atoms with E-state index in [0.717, 1.165) is 43.7 Å². The second-order valence-electron chi connectivity index (χ2n) is 8.83. The van der Waals surface area contributed by atoms with E-state index in [2.05, 4.69) is 15.5 Å². The first-order valence-corrected chi connectivity index (χ1v) is 11.7. The van der Waals surface area contributed by atoms with Gasteiger partial charge in [-0.1, -0.05) is 49.6 Å². The number of benzene rings is 2. The summed E-state index contributed by atoms with van der Waals surface area (Å²) < 4.78 is 0. The Morgan fingerprint density at radius 3 is 2.23 bits per heavy atom. The molecule has 2 aromatic carbocycles. The molecule has 2 amide bonds. The minimum Gasteiger partial charge on any atom is -0.371 e. The second-order valence-corrected chi connectivity index (χ2v) is 8.83. The van der Waals surface area contributed by atoms with Crippen LogP contribution in [-0.4, -0.2) is 37.5 Å². The summed E-state index contributed by atoms with van der Waals surface area (Å²) in [5.74, 6) is 0.635. The van der Waals surface area contributed by atoms with Gasteiger partial charge in [-0.05, 0) is 55.9 Å². The lowest BCUT2D eigenvalue weighted by Crippen LogP contribution is -2.45. The zero-order valence-electron chi connectivity index (χ0n) is 18.2. The van der Waals surface area contributed by atoms with Crippen molar-refractivity contribution in [3.8, 4) is 0 Å². The molecule has 0 spiro atoms. The van der Waals surface area contributed by atoms with Crippen LogP contribution in [0.25, 0.3) is 0 Å². The number of hydrogen-bond acceptors (Lipinski definition) is 3. The van der Waals surface area contributed by atoms with Gasteiger partial charge in [-0.25, -0.2) is 0 Å². The van der Waals surface area contributed by atoms with Gasteiger partial charge in [0, 0.05) is 36.9 Å². The summed E-state index contributed by atoms with van der Waals surface area (Å²) in [7, 11) is 0. The summed E-state index contributed by atoms with van der Waals surface area (Å²) in [5.41, 5.74) is 2.45. The Bertz CT molecular complexity index is 869. The highest BCUT2D eigenvalue weighted by atomic mass is 16.2. The van der Waals surface area contributed by atoms with Crippen molar-refractivity contribution in [1.29, 1.82) is 0 Å². The molecule has 2 aromatic rings. The second kappa shape index (κ2) is 10.5. The van der Waals surface area contributed by atoms with Crippen molar-refractivity contribution in [2.45, 2.75) is 51.0 Å². The number of para-hydroxylation sites is 1. The van der Waals surface area contributed by atoms with E-state index in [1.54, 1.807) is 0 Å². The van der Waals surface area contributed by atoms with E-state index in [-0.39, 0.29) is 17.9 Å². The summed E-state index contributed by atoms with van der Waals surface area (Å²) in [5, 5.41) is 6.33. The Morgan fingerprint density at radius 2 is 1.48 bits per heavy atom. The first kappa shape index (κ1) is 21.4. The number of rotatable bonds is 6. The quantitative estimate of drug-likeness (QED) is 0.730. The van der Waals surface area contributed by atoms with Crippen LogP contribution >= 0.6 is 0 Å². The minimum atomic E-state index is -0.0125. The van der Waals surface area contributed by atoms with Gasteiger partial charge in [0.1, 0.15) is 0 Å². The largest absolute Gasteiger partial charge is 0.371 e. The molecule has 31 heavy (non-hydrogen) atoms. The fraction of sp³-hybridized carbons (Fsp3) is 0.462. The highest BCUT2D eigenvalue weighted by molar-refractivity contribution is 5.99. The van der Waals surface area contributed by atoms with E-state index in [0.29, 0.717) is 11.5 Å². The summed E-state index contributed by atoms with van der Waals surface area (Å²) in [6.45, 7) is 2.43. The molecular weight excluding hydrogens is 386 g/mol. The number of amides is 2. The number of carbonyl (C=O) groups is 2. The summed E-state index contributed by atoms with van der Waals surface area (Å²) in [4.78, 5) is 27.6. The van der Waals surface area contributed by atoms with E-state index >= 15 is 0 Å². The molecule has 2 aliphatic rings. The number of nitrogens with one attached hydrogen (secondary N) is 2. The standard InChI is InChI=1S/C26H33N3O2/c30-25(21-11-5-2-6-12-21)28-22-15-17-29(18-16-22)24-14-8-7-13-23(24)26(31)27-19-20-9-3-1-4-10-20/h2,5-8,11-14,20,22H,1,3-4,9-10,15-19H2,(H,27,31)(H,28,30). The van der Waals surface area contributed by atoms with Crippen molar-refractivity contribution in [1.82, 2.24) is 10.6 Å². The highest BCUT2D eigenvalue weighted by Crippen LogP contribution is 2.26. The fourth-order valence-electron chi connectivity index (χ4n) is 4.79. The number of nitrogens with zero attached hydrogens (tertiary/aromatic N) is 1. The van der Waals surface area contributed by atoms with E-state index in [4.69, 9.17) is 0 Å². The monoisotopic (exact) mass is 419 g/mol. The Kier molecular flexibility index (Phi) is 7.23. The van der Waals surface area contributed by atoms with Crippen molar-refractivity contribution in [3.05, 3.63) is 65.7 Å². The van der Waals surface area contributed by atoms with E-state index in [1.807, 2.05) is 54.6 Å². The first-order valence-electron chi connectivity index (χ1n) is 11.7. The van der Waals surface area contributed by atoms with Gasteiger partial charge in [0.25, 0.3) is 11.8 Å². The average molecular weight is 420 g/mol. The molecule has 1 heterocycles. The molecular formula is C26H33N3O2. The highest BCUT2D eigenvalue weighted by Gasteiger charge is 2.24. The lowest BCUT2D eigenvalue weighted by atomic mass is 9.89. The molecule has 1 aliphatic carbocycles. The summed E-state index contributed by atoms with van der Waals surface area (Å²) >= 11 is 0. The van der Waals surface area contributed by atoms with Gasteiger partial charge < -0.3 is 15.5 Å². The van der Waals surface area contributed by atoms with Gasteiger partial charge in [0.05, 0.1) is 5.56 Å². The van der Waals surface area contributed by atoms with Crippen molar-refractivity contribution >= 4 is 17.5 Å². The van der Waals surface area contributed by atoms with Crippen molar-refractivity contribution in [2.75, 3.05) is 24.5 Å². The molecule has 164 valence electrons. The first-order chi connectivity index (χ1) is 15.2. The van der Waals surface area contributed by atoms with Crippen molar-refractivity contribution in [2.24, 2.45) is 5.92 Å². The lowest BCUT2D eigenvalue weighted by Gasteiger charge is -2.35. The van der Waals surface area contributed by atoms with Gasteiger partial charge in [-0.3, -0.25) is 9.59 Å². The van der Waals surface area contributed by atoms with Crippen molar-refractivity contribution < 1.29 is 9.59 Å². The molecule has 1 aliphatic heterocycles. The third-order valence-corrected chi connectivity index (χ3v) is 6.63. The number of carbonyl (C=O) groups excluding carboxylic acids is 2. The Morgan fingerprint density at radius 1 is 0.806 bits per heavy atom. The normalized spacial score (nSPS) is 17.9. The number of hydrogen-bond donors (Lipinski definition) is 2. The van der Waals surface area contributed by atoms with Crippen LogP contribution < -0.4 is 15.5 Å². The van der Waals surface area contributed by atoms with Crippen LogP contribution in [-0.2, 0) is 0 Å². The zero-order chi connectivity index (χ0) is 21.5. The molecule has 1 saturated heterocycles. The molecule has 0 radical (unpaired) electrons. The van der Waals surface area contributed by atoms with Crippen LogP contribution in [0.1, 0.15) is 65.7 Å². The third kappa shape index (κ3) is 5.66. The molecule has 0 bridgehead atoms. The van der Waals surface area contributed by atoms with Crippen LogP contribution in [0.2, 0.25) is 0 Å². The number of piperidine rings is 1. The Hall–Kier alpha value is -2.82. The van der Waals surface area contributed by atoms with Gasteiger partial charge in [-0.15, -0.1) is 0 Å². The predicted molar refractivity (Wildman–Crippen MR) is 124 cm³/mol. The maximum absolute atomic E-state index is 12.9. The van der Waals surface area contributed by atoms with Crippen LogP contribution in [0.3, 0.4) is 0 Å². The SMILES string of the molecule is O=C(NC1CCN(c2ccccc2C(=O)NCC2CCCCC2)CC1)c1ccccc1. The van der Waals surface area contributed by atoms with Gasteiger partial charge >= 0.3 is 0 Å². The smallest absolute Gasteiger partial charge is 0.253 e. The van der Waals surface area contributed by atoms with Crippen LogP contribution in [0.4, 0.5) is 5.69 Å². The van der Waals surface area contributed by atoms with Gasteiger partial charge in [0.2, 0.25) is 0 Å². The molecule has 0 aromatic heterocycles. The molecule has 4 rings (SSSR count). The Labute approximate surface area is 185 Å². The van der Waals surface area contributed by atoms with Crippen LogP contribution in [0.15, 0.2) is 54.6 Å². The van der Waals surface area contributed by atoms with Gasteiger partial charge in [-0.2, -0.15) is 0 Å². The topological polar surface area (TPSA) is 61.4 Å². The molecule has 5 heteroatoms. The molecule has 5 nitrogen and oxygen atoms in total. The molecule has 0 unspecified atom stereocenters. The maximum atomic E-state index is 12.9. The van der Waals surface area contributed by atoms with Crippen LogP contribution in [0, 0.1) is 5.92 Å². The van der Waals surface area contributed by atoms with Crippen LogP contribution in [0.5, 0.6) is 0 Å². The molecule has 1 saturated carbocycles. The predicted octanol–water partition coefficient (Wildman–Crippen LogP) is 4.40.